The maximum absolute atomic E-state index is 10.7. The Morgan fingerprint density at radius 2 is 2.00 bits per heavy atom. The van der Waals surface area contributed by atoms with Crippen LogP contribution < -0.4 is 0 Å². The van der Waals surface area contributed by atoms with E-state index in [9.17, 15) is 4.79 Å². The normalized spacial score (nSPS) is 7.80. The Bertz CT molecular complexity index is 206. The number of esters is 1. The average Bonchev–Trinajstić information content (AvgIpc) is 1.88. The molecule has 0 radical (unpaired) electrons. The van der Waals surface area contributed by atoms with Gasteiger partial charge >= 0.3 is 5.97 Å². The minimum absolute atomic E-state index is 0.0718. The molecule has 0 aromatic rings. The smallest absolute Gasteiger partial charge is 0.335 e. The Kier molecular flexibility index (Phi) is 3.20. The molecule has 0 saturated carbocycles. The van der Waals surface area contributed by atoms with Crippen LogP contribution in [0.25, 0.3) is 4.85 Å². The summed E-state index contributed by atoms with van der Waals surface area (Å²) in [5, 5.41) is 0. The minimum atomic E-state index is -0.560. The molecule has 10 heavy (non-hydrogen) atoms. The molecule has 0 aliphatic heterocycles. The van der Waals surface area contributed by atoms with Gasteiger partial charge in [0.1, 0.15) is 0 Å². The number of hydrogen-bond acceptors (Lipinski definition) is 2. The monoisotopic (exact) mass is 139 g/mol. The molecule has 0 spiro atoms. The van der Waals surface area contributed by atoms with Gasteiger partial charge in [0.05, 0.1) is 13.7 Å². The summed E-state index contributed by atoms with van der Waals surface area (Å²) in [6.07, 6.45) is 0. The summed E-state index contributed by atoms with van der Waals surface area (Å²) in [6, 6.07) is 0. The molecule has 0 aliphatic carbocycles. The van der Waals surface area contributed by atoms with Crippen LogP contribution in [-0.2, 0) is 9.53 Å². The van der Waals surface area contributed by atoms with E-state index in [1.807, 2.05) is 0 Å². The number of rotatable bonds is 1. The van der Waals surface area contributed by atoms with Gasteiger partial charge in [-0.3, -0.25) is 4.79 Å². The van der Waals surface area contributed by atoms with Gasteiger partial charge in [0.2, 0.25) is 0 Å². The van der Waals surface area contributed by atoms with Crippen molar-refractivity contribution in [2.75, 3.05) is 7.11 Å². The first-order chi connectivity index (χ1) is 4.63. The second-order valence-electron chi connectivity index (χ2n) is 1.95. The van der Waals surface area contributed by atoms with E-state index < -0.39 is 5.97 Å². The predicted octanol–water partition coefficient (Wildman–Crippen LogP) is 1.37. The van der Waals surface area contributed by atoms with Crippen LogP contribution >= 0.6 is 0 Å². The van der Waals surface area contributed by atoms with Crippen LogP contribution in [0.15, 0.2) is 11.3 Å². The number of nitrogens with zero attached hydrogens (tertiary/aromatic N) is 1. The lowest BCUT2D eigenvalue weighted by molar-refractivity contribution is -0.135. The molecule has 0 N–H and O–H groups in total. The summed E-state index contributed by atoms with van der Waals surface area (Å²) < 4.78 is 4.35. The molecule has 0 aromatic heterocycles. The van der Waals surface area contributed by atoms with Crippen LogP contribution in [0.4, 0.5) is 0 Å². The van der Waals surface area contributed by atoms with Crippen LogP contribution in [0, 0.1) is 6.57 Å². The average molecular weight is 139 g/mol. The van der Waals surface area contributed by atoms with E-state index in [0.717, 1.165) is 0 Å². The molecule has 0 fully saturated rings. The summed E-state index contributed by atoms with van der Waals surface area (Å²) in [6.45, 7) is 9.99. The summed E-state index contributed by atoms with van der Waals surface area (Å²) in [5.41, 5.74) is 0.754. The van der Waals surface area contributed by atoms with Crippen LogP contribution in [0.5, 0.6) is 0 Å². The van der Waals surface area contributed by atoms with E-state index in [4.69, 9.17) is 6.57 Å². The zero-order valence-electron chi connectivity index (χ0n) is 6.26. The highest BCUT2D eigenvalue weighted by atomic mass is 16.5. The highest BCUT2D eigenvalue weighted by Crippen LogP contribution is 2.05. The van der Waals surface area contributed by atoms with Crippen molar-refractivity contribution >= 4 is 5.97 Å². The molecule has 0 bridgehead atoms. The van der Waals surface area contributed by atoms with Crippen molar-refractivity contribution in [2.24, 2.45) is 0 Å². The van der Waals surface area contributed by atoms with Crippen molar-refractivity contribution in [1.82, 2.24) is 0 Å². The summed E-state index contributed by atoms with van der Waals surface area (Å²) >= 11 is 0. The standard InChI is InChI=1S/C7H9NO2/c1-5(2)6(8-3)7(9)10-4/h1-2,4H3. The number of carbonyl (C=O) groups excluding carboxylic acids is 1. The number of carbonyl (C=O) groups is 1. The van der Waals surface area contributed by atoms with Crippen molar-refractivity contribution in [3.05, 3.63) is 22.7 Å². The van der Waals surface area contributed by atoms with Gasteiger partial charge in [-0.25, -0.2) is 4.85 Å². The highest BCUT2D eigenvalue weighted by Gasteiger charge is 2.09. The Balaban J connectivity index is 4.59. The Hall–Kier alpha value is -1.30. The van der Waals surface area contributed by atoms with Gasteiger partial charge in [-0.05, 0) is 0 Å². The van der Waals surface area contributed by atoms with Crippen LogP contribution in [0.3, 0.4) is 0 Å². The zero-order valence-corrected chi connectivity index (χ0v) is 6.26. The molecular weight excluding hydrogens is 130 g/mol. The first kappa shape index (κ1) is 8.70. The maximum Gasteiger partial charge on any atom is 0.335 e. The summed E-state index contributed by atoms with van der Waals surface area (Å²) in [5.74, 6) is -0.560. The first-order valence-corrected chi connectivity index (χ1v) is 2.76. The van der Waals surface area contributed by atoms with Gasteiger partial charge in [-0.15, -0.1) is 0 Å². The lowest BCUT2D eigenvalue weighted by Crippen LogP contribution is -2.02. The molecule has 3 heteroatoms. The fourth-order valence-electron chi connectivity index (χ4n) is 0.458. The lowest BCUT2D eigenvalue weighted by atomic mass is 10.3. The number of methoxy groups -OCH3 is 1. The van der Waals surface area contributed by atoms with E-state index in [-0.39, 0.29) is 5.70 Å². The number of hydrogen-bond donors (Lipinski definition) is 0. The number of ether oxygens (including phenoxy) is 1. The van der Waals surface area contributed by atoms with Gasteiger partial charge < -0.3 is 4.74 Å². The zero-order chi connectivity index (χ0) is 8.15. The minimum Gasteiger partial charge on any atom is -0.474 e. The van der Waals surface area contributed by atoms with Gasteiger partial charge in [0.15, 0.2) is 0 Å². The molecule has 0 unspecified atom stereocenters. The SMILES string of the molecule is [C-]#[N+]C(C(=O)OC)=C(C)C. The molecule has 54 valence electrons. The topological polar surface area (TPSA) is 30.7 Å². The van der Waals surface area contributed by atoms with Crippen molar-refractivity contribution < 1.29 is 9.53 Å². The van der Waals surface area contributed by atoms with Crippen molar-refractivity contribution in [3.8, 4) is 0 Å². The maximum atomic E-state index is 10.7. The van der Waals surface area contributed by atoms with E-state index in [1.165, 1.54) is 7.11 Å². The van der Waals surface area contributed by atoms with Gasteiger partial charge in [0, 0.05) is 0 Å². The Morgan fingerprint density at radius 3 is 2.10 bits per heavy atom. The summed E-state index contributed by atoms with van der Waals surface area (Å²) in [4.78, 5) is 13.7. The second-order valence-corrected chi connectivity index (χ2v) is 1.95. The summed E-state index contributed by atoms with van der Waals surface area (Å²) in [7, 11) is 1.26. The van der Waals surface area contributed by atoms with E-state index >= 15 is 0 Å². The fraction of sp³-hybridized carbons (Fsp3) is 0.429. The van der Waals surface area contributed by atoms with Crippen molar-refractivity contribution in [1.29, 1.82) is 0 Å². The van der Waals surface area contributed by atoms with E-state index in [2.05, 4.69) is 9.58 Å². The van der Waals surface area contributed by atoms with E-state index in [0.29, 0.717) is 5.57 Å². The first-order valence-electron chi connectivity index (χ1n) is 2.76. The molecule has 0 aromatic carbocycles. The molecule has 3 nitrogen and oxygen atoms in total. The van der Waals surface area contributed by atoms with E-state index in [1.54, 1.807) is 13.8 Å². The third kappa shape index (κ3) is 1.90. The number of allylic oxidation sites excluding steroid dienone is 1. The van der Waals surface area contributed by atoms with Crippen molar-refractivity contribution in [3.63, 3.8) is 0 Å². The Labute approximate surface area is 60.1 Å². The molecule has 0 heterocycles. The largest absolute Gasteiger partial charge is 0.474 e. The van der Waals surface area contributed by atoms with Gasteiger partial charge in [-0.2, -0.15) is 0 Å². The van der Waals surface area contributed by atoms with Crippen molar-refractivity contribution in [2.45, 2.75) is 13.8 Å². The third-order valence-corrected chi connectivity index (χ3v) is 0.964. The molecule has 0 atom stereocenters. The van der Waals surface area contributed by atoms with Gasteiger partial charge in [-0.1, -0.05) is 19.4 Å². The lowest BCUT2D eigenvalue weighted by Gasteiger charge is -1.96. The highest BCUT2D eigenvalue weighted by molar-refractivity contribution is 5.90. The predicted molar refractivity (Wildman–Crippen MR) is 37.0 cm³/mol. The Morgan fingerprint density at radius 1 is 1.50 bits per heavy atom. The second kappa shape index (κ2) is 3.67. The molecule has 0 rings (SSSR count). The quantitative estimate of drug-likeness (QED) is 0.312. The van der Waals surface area contributed by atoms with Crippen LogP contribution in [0.1, 0.15) is 13.8 Å². The molecule has 0 amide bonds. The van der Waals surface area contributed by atoms with Gasteiger partial charge in [0.25, 0.3) is 5.70 Å². The third-order valence-electron chi connectivity index (χ3n) is 0.964. The molecular formula is C7H9NO2. The fourth-order valence-corrected chi connectivity index (χ4v) is 0.458. The van der Waals surface area contributed by atoms with Crippen LogP contribution in [0.2, 0.25) is 0 Å². The molecule has 0 aliphatic rings. The molecule has 0 saturated heterocycles. The van der Waals surface area contributed by atoms with Crippen LogP contribution in [-0.4, -0.2) is 13.1 Å².